The number of carbonyl (C=O) groups is 2. The van der Waals surface area contributed by atoms with Crippen molar-refractivity contribution in [3.05, 3.63) is 59.0 Å². The SMILES string of the molecule is Cc1cc(-c2[nH]c3ccc(C4CCN(C(=O)CN(C)C)CC4)cc3c2C(C)C)cn2cc(CC(=O)N(C)CCO)nc12. The summed E-state index contributed by atoms with van der Waals surface area (Å²) in [5.41, 5.74) is 8.55. The second-order valence-corrected chi connectivity index (χ2v) is 12.4. The molecular weight excluding hydrogens is 528 g/mol. The van der Waals surface area contributed by atoms with Crippen molar-refractivity contribution in [1.82, 2.24) is 29.1 Å². The number of benzene rings is 1. The summed E-state index contributed by atoms with van der Waals surface area (Å²) in [5.74, 6) is 0.899. The zero-order valence-electron chi connectivity index (χ0n) is 25.8. The zero-order chi connectivity index (χ0) is 30.1. The molecule has 0 atom stereocenters. The molecule has 2 amide bonds. The molecule has 9 nitrogen and oxygen atoms in total. The van der Waals surface area contributed by atoms with Crippen LogP contribution in [0.1, 0.15) is 60.9 Å². The largest absolute Gasteiger partial charge is 0.395 e. The molecule has 1 fully saturated rings. The number of hydrogen-bond acceptors (Lipinski definition) is 5. The summed E-state index contributed by atoms with van der Waals surface area (Å²) in [5, 5.41) is 10.4. The number of nitrogens with one attached hydrogen (secondary N) is 1. The highest BCUT2D eigenvalue weighted by Crippen LogP contribution is 2.38. The van der Waals surface area contributed by atoms with Crippen LogP contribution in [0.4, 0.5) is 0 Å². The summed E-state index contributed by atoms with van der Waals surface area (Å²) < 4.78 is 2.02. The first-order valence-electron chi connectivity index (χ1n) is 15.0. The fraction of sp³-hybridized carbons (Fsp3) is 0.485. The van der Waals surface area contributed by atoms with Gasteiger partial charge in [-0.25, -0.2) is 4.98 Å². The van der Waals surface area contributed by atoms with Crippen LogP contribution < -0.4 is 0 Å². The van der Waals surface area contributed by atoms with Crippen LogP contribution in [0.15, 0.2) is 36.7 Å². The van der Waals surface area contributed by atoms with Crippen molar-refractivity contribution in [1.29, 1.82) is 0 Å². The van der Waals surface area contributed by atoms with Crippen LogP contribution in [-0.4, -0.2) is 99.9 Å². The molecule has 5 rings (SSSR count). The van der Waals surface area contributed by atoms with Crippen molar-refractivity contribution in [2.45, 2.75) is 51.9 Å². The molecule has 4 aromatic rings. The van der Waals surface area contributed by atoms with Crippen LogP contribution in [0.25, 0.3) is 27.8 Å². The van der Waals surface area contributed by atoms with Crippen LogP contribution in [0.3, 0.4) is 0 Å². The number of aromatic amines is 1. The maximum absolute atomic E-state index is 12.5. The number of amides is 2. The third-order valence-corrected chi connectivity index (χ3v) is 8.48. The molecular formula is C33H44N6O3. The van der Waals surface area contributed by atoms with Crippen molar-refractivity contribution in [3.8, 4) is 11.3 Å². The smallest absolute Gasteiger partial charge is 0.236 e. The number of carbonyl (C=O) groups excluding carboxylic acids is 2. The summed E-state index contributed by atoms with van der Waals surface area (Å²) >= 11 is 0. The van der Waals surface area contributed by atoms with E-state index >= 15 is 0 Å². The number of imidazole rings is 1. The Morgan fingerprint density at radius 1 is 1.12 bits per heavy atom. The molecule has 0 saturated carbocycles. The lowest BCUT2D eigenvalue weighted by atomic mass is 9.87. The molecule has 1 aromatic carbocycles. The summed E-state index contributed by atoms with van der Waals surface area (Å²) in [6, 6.07) is 8.99. The Labute approximate surface area is 248 Å². The van der Waals surface area contributed by atoms with E-state index in [2.05, 4.69) is 56.2 Å². The van der Waals surface area contributed by atoms with Gasteiger partial charge in [-0.15, -0.1) is 0 Å². The van der Waals surface area contributed by atoms with E-state index in [4.69, 9.17) is 10.1 Å². The van der Waals surface area contributed by atoms with Gasteiger partial charge < -0.3 is 29.2 Å². The summed E-state index contributed by atoms with van der Waals surface area (Å²) in [6.07, 6.45) is 6.19. The number of aliphatic hydroxyl groups excluding tert-OH is 1. The lowest BCUT2D eigenvalue weighted by molar-refractivity contribution is -0.133. The standard InChI is InChI=1S/C33H44N6O3/c1-21(2)31-27-16-24(23-9-11-38(12-10-23)30(42)20-36(4)5)7-8-28(27)35-32(31)25-15-22(3)33-34-26(19-39(33)18-25)17-29(41)37(6)13-14-40/h7-8,15-16,18-19,21,23,35,40H,9-14,17,20H2,1-6H3. The van der Waals surface area contributed by atoms with Gasteiger partial charge in [-0.3, -0.25) is 9.59 Å². The maximum Gasteiger partial charge on any atom is 0.236 e. The highest BCUT2D eigenvalue weighted by Gasteiger charge is 2.25. The molecule has 0 radical (unpaired) electrons. The van der Waals surface area contributed by atoms with E-state index < -0.39 is 0 Å². The molecule has 0 unspecified atom stereocenters. The van der Waals surface area contributed by atoms with Gasteiger partial charge in [0.1, 0.15) is 5.65 Å². The van der Waals surface area contributed by atoms with E-state index in [1.165, 1.54) is 21.4 Å². The Hall–Kier alpha value is -3.69. The number of piperidine rings is 1. The first-order chi connectivity index (χ1) is 20.0. The van der Waals surface area contributed by atoms with Crippen molar-refractivity contribution in [3.63, 3.8) is 0 Å². The summed E-state index contributed by atoms with van der Waals surface area (Å²) in [6.45, 7) is 8.86. The number of fused-ring (bicyclic) bond motifs is 2. The highest BCUT2D eigenvalue weighted by molar-refractivity contribution is 5.92. The second-order valence-electron chi connectivity index (χ2n) is 12.4. The Bertz CT molecular complexity index is 1590. The zero-order valence-corrected chi connectivity index (χ0v) is 25.8. The predicted octanol–water partition coefficient (Wildman–Crippen LogP) is 4.18. The van der Waals surface area contributed by atoms with Gasteiger partial charge in [0.15, 0.2) is 0 Å². The number of nitrogens with zero attached hydrogens (tertiary/aromatic N) is 5. The lowest BCUT2D eigenvalue weighted by Crippen LogP contribution is -2.42. The monoisotopic (exact) mass is 572 g/mol. The molecule has 0 aliphatic carbocycles. The summed E-state index contributed by atoms with van der Waals surface area (Å²) in [4.78, 5) is 39.0. The molecule has 42 heavy (non-hydrogen) atoms. The minimum absolute atomic E-state index is 0.0582. The number of rotatable bonds is 9. The van der Waals surface area contributed by atoms with E-state index in [0.717, 1.165) is 53.9 Å². The van der Waals surface area contributed by atoms with Gasteiger partial charge in [0, 0.05) is 55.5 Å². The average Bonchev–Trinajstić information content (AvgIpc) is 3.54. The van der Waals surface area contributed by atoms with Crippen LogP contribution in [0.5, 0.6) is 0 Å². The molecule has 2 N–H and O–H groups in total. The Morgan fingerprint density at radius 3 is 2.52 bits per heavy atom. The molecule has 3 aromatic heterocycles. The first kappa shape index (κ1) is 29.8. The molecule has 224 valence electrons. The minimum atomic E-state index is -0.0651. The van der Waals surface area contributed by atoms with Gasteiger partial charge in [-0.1, -0.05) is 19.9 Å². The third kappa shape index (κ3) is 6.08. The van der Waals surface area contributed by atoms with Gasteiger partial charge >= 0.3 is 0 Å². The quantitative estimate of drug-likeness (QED) is 0.314. The molecule has 1 aliphatic heterocycles. The van der Waals surface area contributed by atoms with Crippen LogP contribution in [-0.2, 0) is 16.0 Å². The number of H-pyrrole nitrogens is 1. The van der Waals surface area contributed by atoms with Crippen LogP contribution >= 0.6 is 0 Å². The Balaban J connectivity index is 1.43. The Kier molecular flexibility index (Phi) is 8.70. The van der Waals surface area contributed by atoms with Gasteiger partial charge in [-0.2, -0.15) is 0 Å². The number of aryl methyl sites for hydroxylation is 1. The average molecular weight is 573 g/mol. The molecule has 1 aliphatic rings. The predicted molar refractivity (Wildman–Crippen MR) is 167 cm³/mol. The number of likely N-dealkylation sites (tertiary alicyclic amines) is 1. The van der Waals surface area contributed by atoms with E-state index in [0.29, 0.717) is 30.6 Å². The highest BCUT2D eigenvalue weighted by atomic mass is 16.3. The molecule has 0 bridgehead atoms. The molecule has 4 heterocycles. The fourth-order valence-corrected chi connectivity index (χ4v) is 6.25. The number of likely N-dealkylation sites (N-methyl/N-ethyl adjacent to an activating group) is 2. The third-order valence-electron chi connectivity index (χ3n) is 8.48. The fourth-order valence-electron chi connectivity index (χ4n) is 6.25. The maximum atomic E-state index is 12.5. The van der Waals surface area contributed by atoms with Gasteiger partial charge in [-0.05, 0) is 80.6 Å². The Morgan fingerprint density at radius 2 is 1.86 bits per heavy atom. The van der Waals surface area contributed by atoms with E-state index in [1.807, 2.05) is 34.5 Å². The second kappa shape index (κ2) is 12.3. The van der Waals surface area contributed by atoms with Gasteiger partial charge in [0.05, 0.1) is 31.0 Å². The first-order valence-corrected chi connectivity index (χ1v) is 15.0. The van der Waals surface area contributed by atoms with Crippen molar-refractivity contribution >= 4 is 28.4 Å². The number of aliphatic hydroxyl groups is 1. The van der Waals surface area contributed by atoms with E-state index in [1.54, 1.807) is 7.05 Å². The molecule has 9 heteroatoms. The summed E-state index contributed by atoms with van der Waals surface area (Å²) in [7, 11) is 5.57. The van der Waals surface area contributed by atoms with Crippen LogP contribution in [0.2, 0.25) is 0 Å². The van der Waals surface area contributed by atoms with Crippen molar-refractivity contribution < 1.29 is 14.7 Å². The van der Waals surface area contributed by atoms with Gasteiger partial charge in [0.25, 0.3) is 0 Å². The van der Waals surface area contributed by atoms with E-state index in [9.17, 15) is 9.59 Å². The number of pyridine rings is 1. The topological polar surface area (TPSA) is 97.2 Å². The van der Waals surface area contributed by atoms with Crippen molar-refractivity contribution in [2.75, 3.05) is 53.9 Å². The van der Waals surface area contributed by atoms with Gasteiger partial charge in [0.2, 0.25) is 11.8 Å². The number of hydrogen-bond donors (Lipinski definition) is 2. The normalized spacial score (nSPS) is 14.5. The van der Waals surface area contributed by atoms with Crippen LogP contribution in [0, 0.1) is 6.92 Å². The van der Waals surface area contributed by atoms with Crippen molar-refractivity contribution in [2.24, 2.45) is 0 Å². The lowest BCUT2D eigenvalue weighted by Gasteiger charge is -2.33. The minimum Gasteiger partial charge on any atom is -0.395 e. The van der Waals surface area contributed by atoms with E-state index in [-0.39, 0.29) is 24.8 Å². The molecule has 1 saturated heterocycles. The molecule has 0 spiro atoms. The number of aromatic nitrogens is 3.